The molecule has 178 valence electrons. The highest BCUT2D eigenvalue weighted by Gasteiger charge is 2.35. The van der Waals surface area contributed by atoms with E-state index in [1.54, 1.807) is 11.9 Å². The van der Waals surface area contributed by atoms with Crippen molar-refractivity contribution in [3.63, 3.8) is 0 Å². The van der Waals surface area contributed by atoms with Crippen LogP contribution in [0.25, 0.3) is 0 Å². The second-order valence-electron chi connectivity index (χ2n) is 8.96. The molecule has 2 amide bonds. The Kier molecular flexibility index (Phi) is 8.30. The molecule has 1 heterocycles. The van der Waals surface area contributed by atoms with Gasteiger partial charge in [-0.05, 0) is 25.3 Å². The molecule has 0 aromatic heterocycles. The molecule has 1 aromatic carbocycles. The van der Waals surface area contributed by atoms with E-state index in [9.17, 15) is 18.0 Å². The molecule has 3 rings (SSSR count). The van der Waals surface area contributed by atoms with Crippen molar-refractivity contribution in [2.45, 2.75) is 64.5 Å². The summed E-state index contributed by atoms with van der Waals surface area (Å²) in [6.07, 6.45) is 5.30. The van der Waals surface area contributed by atoms with Gasteiger partial charge in [0.2, 0.25) is 11.8 Å². The van der Waals surface area contributed by atoms with Gasteiger partial charge in [0.05, 0.1) is 12.5 Å². The third kappa shape index (κ3) is 6.08. The number of hydrogen-bond acceptors (Lipinski definition) is 4. The zero-order valence-electron chi connectivity index (χ0n) is 19.4. The number of amides is 2. The van der Waals surface area contributed by atoms with Crippen LogP contribution in [0.15, 0.2) is 24.3 Å². The van der Waals surface area contributed by atoms with E-state index >= 15 is 0 Å². The van der Waals surface area contributed by atoms with Crippen LogP contribution in [0.5, 0.6) is 0 Å². The van der Waals surface area contributed by atoms with Crippen molar-refractivity contribution in [3.8, 4) is 0 Å². The molecular weight excluding hydrogens is 428 g/mol. The maximum absolute atomic E-state index is 13.1. The van der Waals surface area contributed by atoms with Crippen LogP contribution in [0.1, 0.15) is 62.6 Å². The number of rotatable bonds is 7. The summed E-state index contributed by atoms with van der Waals surface area (Å²) in [6, 6.07) is 7.44. The molecule has 1 saturated heterocycles. The van der Waals surface area contributed by atoms with E-state index in [2.05, 4.69) is 5.32 Å². The number of nitrogens with one attached hydrogen (secondary N) is 1. The summed E-state index contributed by atoms with van der Waals surface area (Å²) in [5.41, 5.74) is 1.99. The van der Waals surface area contributed by atoms with Crippen LogP contribution < -0.4 is 5.32 Å². The molecule has 2 aliphatic rings. The molecule has 0 bridgehead atoms. The Labute approximate surface area is 192 Å². The summed E-state index contributed by atoms with van der Waals surface area (Å²) < 4.78 is 29.2. The zero-order valence-corrected chi connectivity index (χ0v) is 20.2. The third-order valence-corrected chi connectivity index (χ3v) is 8.65. The molecule has 1 saturated carbocycles. The van der Waals surface area contributed by atoms with Crippen molar-refractivity contribution < 1.29 is 18.0 Å². The summed E-state index contributed by atoms with van der Waals surface area (Å²) in [7, 11) is -1.84. The molecule has 9 heteroatoms. The van der Waals surface area contributed by atoms with Gasteiger partial charge >= 0.3 is 0 Å². The van der Waals surface area contributed by atoms with E-state index in [0.717, 1.165) is 36.8 Å². The second-order valence-corrected chi connectivity index (χ2v) is 11.0. The van der Waals surface area contributed by atoms with Gasteiger partial charge in [0.1, 0.15) is 0 Å². The largest absolute Gasteiger partial charge is 0.349 e. The van der Waals surface area contributed by atoms with Gasteiger partial charge in [0, 0.05) is 46.2 Å². The Morgan fingerprint density at radius 1 is 1.06 bits per heavy atom. The predicted molar refractivity (Wildman–Crippen MR) is 124 cm³/mol. The van der Waals surface area contributed by atoms with E-state index in [0.29, 0.717) is 26.2 Å². The van der Waals surface area contributed by atoms with Crippen LogP contribution in [0.3, 0.4) is 0 Å². The maximum atomic E-state index is 13.1. The van der Waals surface area contributed by atoms with E-state index < -0.39 is 16.3 Å². The molecule has 0 spiro atoms. The number of aryl methyl sites for hydroxylation is 1. The first-order valence-corrected chi connectivity index (χ1v) is 12.9. The van der Waals surface area contributed by atoms with E-state index in [4.69, 9.17) is 0 Å². The van der Waals surface area contributed by atoms with Crippen LogP contribution in [0.2, 0.25) is 0 Å². The minimum absolute atomic E-state index is 0.0707. The van der Waals surface area contributed by atoms with E-state index in [-0.39, 0.29) is 24.3 Å². The van der Waals surface area contributed by atoms with Crippen molar-refractivity contribution in [2.75, 3.05) is 33.2 Å². The number of carbonyl (C=O) groups excluding carboxylic acids is 2. The van der Waals surface area contributed by atoms with Crippen molar-refractivity contribution in [2.24, 2.45) is 0 Å². The lowest BCUT2D eigenvalue weighted by Crippen LogP contribution is -2.55. The van der Waals surface area contributed by atoms with Gasteiger partial charge < -0.3 is 10.2 Å². The number of hydrogen-bond donors (Lipinski definition) is 1. The molecule has 1 N–H and O–H groups in total. The molecule has 1 unspecified atom stereocenters. The van der Waals surface area contributed by atoms with Crippen LogP contribution in [-0.4, -0.2) is 73.0 Å². The summed E-state index contributed by atoms with van der Waals surface area (Å²) >= 11 is 0. The molecule has 2 fully saturated rings. The van der Waals surface area contributed by atoms with Gasteiger partial charge in [0.25, 0.3) is 10.2 Å². The Morgan fingerprint density at radius 3 is 2.22 bits per heavy atom. The predicted octanol–water partition coefficient (Wildman–Crippen LogP) is 2.22. The minimum atomic E-state index is -3.53. The molecule has 1 aliphatic carbocycles. The quantitative estimate of drug-likeness (QED) is 0.670. The highest BCUT2D eigenvalue weighted by atomic mass is 32.2. The number of piperazine rings is 1. The minimum Gasteiger partial charge on any atom is -0.349 e. The average Bonchev–Trinajstić information content (AvgIpc) is 2.79. The first-order chi connectivity index (χ1) is 15.2. The normalized spacial score (nSPS) is 19.7. The lowest BCUT2D eigenvalue weighted by atomic mass is 9.96. The summed E-state index contributed by atoms with van der Waals surface area (Å²) in [4.78, 5) is 26.4. The monoisotopic (exact) mass is 464 g/mol. The fraction of sp³-hybridized carbons (Fsp3) is 0.652. The summed E-state index contributed by atoms with van der Waals surface area (Å²) in [5.74, 6) is -0.271. The highest BCUT2D eigenvalue weighted by Crippen LogP contribution is 2.25. The average molecular weight is 465 g/mol. The second kappa shape index (κ2) is 10.8. The van der Waals surface area contributed by atoms with Gasteiger partial charge in [-0.3, -0.25) is 9.59 Å². The van der Waals surface area contributed by atoms with Crippen LogP contribution >= 0.6 is 0 Å². The van der Waals surface area contributed by atoms with Crippen molar-refractivity contribution in [1.82, 2.24) is 18.8 Å². The van der Waals surface area contributed by atoms with Gasteiger partial charge in [-0.2, -0.15) is 17.0 Å². The van der Waals surface area contributed by atoms with Crippen LogP contribution in [0.4, 0.5) is 0 Å². The lowest BCUT2D eigenvalue weighted by molar-refractivity contribution is -0.133. The molecule has 0 radical (unpaired) electrons. The SMILES string of the molecule is CC(=O)NC(CC(=O)N1CCN(S(=O)(=O)N(C)C2CCCCC2)CC1)c1ccc(C)cc1. The van der Waals surface area contributed by atoms with Crippen LogP contribution in [-0.2, 0) is 19.8 Å². The number of carbonyl (C=O) groups is 2. The first-order valence-electron chi connectivity index (χ1n) is 11.5. The standard InChI is InChI=1S/C23H36N4O4S/c1-18-9-11-20(12-10-18)22(24-19(2)28)17-23(29)26-13-15-27(16-14-26)32(30,31)25(3)21-7-5-4-6-8-21/h9-12,21-22H,4-8,13-17H2,1-3H3,(H,24,28). The molecule has 1 atom stereocenters. The Bertz CT molecular complexity index is 889. The molecule has 32 heavy (non-hydrogen) atoms. The van der Waals surface area contributed by atoms with Crippen molar-refractivity contribution in [3.05, 3.63) is 35.4 Å². The van der Waals surface area contributed by atoms with Gasteiger partial charge in [0.15, 0.2) is 0 Å². The lowest BCUT2D eigenvalue weighted by Gasteiger charge is -2.39. The van der Waals surface area contributed by atoms with E-state index in [1.165, 1.54) is 22.0 Å². The summed E-state index contributed by atoms with van der Waals surface area (Å²) in [5, 5.41) is 2.87. The molecular formula is C23H36N4O4S. The van der Waals surface area contributed by atoms with Gasteiger partial charge in [-0.25, -0.2) is 0 Å². The summed E-state index contributed by atoms with van der Waals surface area (Å²) in [6.45, 7) is 4.73. The molecule has 1 aromatic rings. The third-order valence-electron chi connectivity index (χ3n) is 6.61. The smallest absolute Gasteiger partial charge is 0.282 e. The zero-order chi connectivity index (χ0) is 23.3. The van der Waals surface area contributed by atoms with Crippen LogP contribution in [0, 0.1) is 6.92 Å². The molecule has 8 nitrogen and oxygen atoms in total. The Balaban J connectivity index is 1.58. The fourth-order valence-electron chi connectivity index (χ4n) is 4.58. The first kappa shape index (κ1) is 24.7. The van der Waals surface area contributed by atoms with E-state index in [1.807, 2.05) is 31.2 Å². The Hall–Kier alpha value is -1.97. The number of benzene rings is 1. The maximum Gasteiger partial charge on any atom is 0.282 e. The van der Waals surface area contributed by atoms with Crippen molar-refractivity contribution >= 4 is 22.0 Å². The van der Waals surface area contributed by atoms with Gasteiger partial charge in [-0.1, -0.05) is 49.1 Å². The topological polar surface area (TPSA) is 90.0 Å². The van der Waals surface area contributed by atoms with Crippen molar-refractivity contribution in [1.29, 1.82) is 0 Å². The fourth-order valence-corrected chi connectivity index (χ4v) is 6.16. The number of nitrogens with zero attached hydrogens (tertiary/aromatic N) is 3. The van der Waals surface area contributed by atoms with Gasteiger partial charge in [-0.15, -0.1) is 0 Å². The molecule has 1 aliphatic heterocycles. The highest BCUT2D eigenvalue weighted by molar-refractivity contribution is 7.86. The Morgan fingerprint density at radius 2 is 1.66 bits per heavy atom.